The lowest BCUT2D eigenvalue weighted by molar-refractivity contribution is 0.614. The molecule has 52 valence electrons. The maximum absolute atomic E-state index is 11.8. The lowest BCUT2D eigenvalue weighted by Gasteiger charge is -1.64. The summed E-state index contributed by atoms with van der Waals surface area (Å²) in [6.07, 6.45) is 0. The van der Waals surface area contributed by atoms with Crippen LogP contribution in [-0.4, -0.2) is 9.36 Å². The summed E-state index contributed by atoms with van der Waals surface area (Å²) in [6, 6.07) is 0. The van der Waals surface area contributed by atoms with Crippen molar-refractivity contribution in [3.63, 3.8) is 0 Å². The molecule has 0 atom stereocenters. The fourth-order valence-corrected chi connectivity index (χ4v) is 0.693. The van der Waals surface area contributed by atoms with E-state index in [0.29, 0.717) is 5.82 Å². The summed E-state index contributed by atoms with van der Waals surface area (Å²) in [5, 5.41) is -0.461. The highest BCUT2D eigenvalue weighted by atomic mass is 32.1. The zero-order valence-electron chi connectivity index (χ0n) is 5.68. The number of halogens is 1. The van der Waals surface area contributed by atoms with Gasteiger partial charge in [-0.2, -0.15) is 13.7 Å². The van der Waals surface area contributed by atoms with Gasteiger partial charge in [0.1, 0.15) is 5.82 Å². The van der Waals surface area contributed by atoms with Crippen LogP contribution in [0.2, 0.25) is 0 Å². The molecule has 0 aromatic carbocycles. The van der Waals surface area contributed by atoms with Crippen LogP contribution >= 0.6 is 11.5 Å². The van der Waals surface area contributed by atoms with Crippen molar-refractivity contribution in [2.45, 2.75) is 20.8 Å². The SMILES string of the molecule is CC.Cc1nsc(F)n1. The zero-order chi connectivity index (χ0) is 7.28. The Bertz CT molecular complexity index is 147. The Morgan fingerprint density at radius 1 is 1.44 bits per heavy atom. The van der Waals surface area contributed by atoms with E-state index in [-0.39, 0.29) is 0 Å². The Kier molecular flexibility index (Phi) is 4.13. The molecule has 0 aliphatic rings. The second kappa shape index (κ2) is 4.38. The maximum atomic E-state index is 11.8. The van der Waals surface area contributed by atoms with E-state index in [1.165, 1.54) is 0 Å². The molecule has 0 saturated carbocycles. The van der Waals surface area contributed by atoms with E-state index in [2.05, 4.69) is 9.36 Å². The highest BCUT2D eigenvalue weighted by Gasteiger charge is 1.92. The first-order chi connectivity index (χ1) is 4.29. The highest BCUT2D eigenvalue weighted by Crippen LogP contribution is 1.98. The predicted molar refractivity (Wildman–Crippen MR) is 36.0 cm³/mol. The van der Waals surface area contributed by atoms with Gasteiger partial charge in [0.05, 0.1) is 0 Å². The average molecular weight is 148 g/mol. The van der Waals surface area contributed by atoms with Crippen LogP contribution in [0.25, 0.3) is 0 Å². The fraction of sp³-hybridized carbons (Fsp3) is 0.600. The molecule has 1 aromatic heterocycles. The van der Waals surface area contributed by atoms with Crippen LogP contribution in [0.4, 0.5) is 4.39 Å². The molecule has 0 spiro atoms. The molecule has 0 amide bonds. The Morgan fingerprint density at radius 3 is 2.11 bits per heavy atom. The highest BCUT2D eigenvalue weighted by molar-refractivity contribution is 7.03. The van der Waals surface area contributed by atoms with E-state index in [1.54, 1.807) is 6.92 Å². The maximum Gasteiger partial charge on any atom is 0.288 e. The van der Waals surface area contributed by atoms with Gasteiger partial charge in [-0.1, -0.05) is 13.8 Å². The van der Waals surface area contributed by atoms with Crippen molar-refractivity contribution in [2.75, 3.05) is 0 Å². The van der Waals surface area contributed by atoms with Crippen molar-refractivity contribution in [2.24, 2.45) is 0 Å². The Labute approximate surface area is 57.9 Å². The van der Waals surface area contributed by atoms with Crippen LogP contribution < -0.4 is 0 Å². The minimum atomic E-state index is -0.461. The molecular weight excluding hydrogens is 139 g/mol. The standard InChI is InChI=1S/C3H3FN2S.C2H6/c1-2-5-3(4)7-6-2;1-2/h1H3;1-2H3. The molecule has 0 bridgehead atoms. The lowest BCUT2D eigenvalue weighted by Crippen LogP contribution is -1.70. The molecule has 0 saturated heterocycles. The quantitative estimate of drug-likeness (QED) is 0.562. The lowest BCUT2D eigenvalue weighted by atomic mass is 10.8. The molecule has 0 aliphatic carbocycles. The van der Waals surface area contributed by atoms with Gasteiger partial charge in [0.2, 0.25) is 0 Å². The molecule has 2 nitrogen and oxygen atoms in total. The molecule has 1 rings (SSSR count). The first-order valence-corrected chi connectivity index (χ1v) is 3.52. The van der Waals surface area contributed by atoms with Crippen molar-refractivity contribution in [1.29, 1.82) is 0 Å². The van der Waals surface area contributed by atoms with E-state index in [1.807, 2.05) is 13.8 Å². The molecule has 0 unspecified atom stereocenters. The van der Waals surface area contributed by atoms with Gasteiger partial charge in [-0.3, -0.25) is 0 Å². The summed E-state index contributed by atoms with van der Waals surface area (Å²) in [6.45, 7) is 5.65. The van der Waals surface area contributed by atoms with Crippen molar-refractivity contribution in [3.05, 3.63) is 11.1 Å². The summed E-state index contributed by atoms with van der Waals surface area (Å²) in [4.78, 5) is 3.35. The summed E-state index contributed by atoms with van der Waals surface area (Å²) in [7, 11) is 0. The monoisotopic (exact) mass is 148 g/mol. The first kappa shape index (κ1) is 8.49. The van der Waals surface area contributed by atoms with Gasteiger partial charge < -0.3 is 0 Å². The molecular formula is C5H9FN2S. The topological polar surface area (TPSA) is 25.8 Å². The van der Waals surface area contributed by atoms with E-state index < -0.39 is 5.26 Å². The van der Waals surface area contributed by atoms with Crippen LogP contribution in [0.1, 0.15) is 19.7 Å². The van der Waals surface area contributed by atoms with E-state index >= 15 is 0 Å². The Balaban J connectivity index is 0.000000291. The van der Waals surface area contributed by atoms with Crippen molar-refractivity contribution >= 4 is 11.5 Å². The van der Waals surface area contributed by atoms with E-state index in [0.717, 1.165) is 11.5 Å². The van der Waals surface area contributed by atoms with Crippen LogP contribution in [-0.2, 0) is 0 Å². The molecule has 0 N–H and O–H groups in total. The van der Waals surface area contributed by atoms with Crippen LogP contribution in [0.3, 0.4) is 0 Å². The number of nitrogens with zero attached hydrogens (tertiary/aromatic N) is 2. The third kappa shape index (κ3) is 3.13. The van der Waals surface area contributed by atoms with Gasteiger partial charge in [-0.05, 0) is 6.92 Å². The van der Waals surface area contributed by atoms with E-state index in [9.17, 15) is 4.39 Å². The number of hydrogen-bond donors (Lipinski definition) is 0. The summed E-state index contributed by atoms with van der Waals surface area (Å²) < 4.78 is 15.3. The Hall–Kier alpha value is -0.510. The van der Waals surface area contributed by atoms with Crippen LogP contribution in [0.15, 0.2) is 0 Å². The number of aryl methyl sites for hydroxylation is 1. The molecule has 1 aromatic rings. The average Bonchev–Trinajstić information content (AvgIpc) is 2.20. The number of hydrogen-bond acceptors (Lipinski definition) is 3. The van der Waals surface area contributed by atoms with Gasteiger partial charge in [0, 0.05) is 11.5 Å². The van der Waals surface area contributed by atoms with Crippen molar-refractivity contribution in [1.82, 2.24) is 9.36 Å². The summed E-state index contributed by atoms with van der Waals surface area (Å²) >= 11 is 0.777. The Morgan fingerprint density at radius 2 is 2.00 bits per heavy atom. The van der Waals surface area contributed by atoms with Gasteiger partial charge in [-0.15, -0.1) is 0 Å². The van der Waals surface area contributed by atoms with Gasteiger partial charge in [-0.25, -0.2) is 0 Å². The molecule has 1 heterocycles. The normalized spacial score (nSPS) is 8.00. The summed E-state index contributed by atoms with van der Waals surface area (Å²) in [5.41, 5.74) is 0. The minimum Gasteiger partial charge on any atom is -0.193 e. The molecule has 0 fully saturated rings. The van der Waals surface area contributed by atoms with Gasteiger partial charge in [0.15, 0.2) is 0 Å². The summed E-state index contributed by atoms with van der Waals surface area (Å²) in [5.74, 6) is 0.502. The molecule has 0 aliphatic heterocycles. The first-order valence-electron chi connectivity index (χ1n) is 2.75. The van der Waals surface area contributed by atoms with Crippen LogP contribution in [0.5, 0.6) is 0 Å². The number of rotatable bonds is 0. The molecule has 4 heteroatoms. The second-order valence-corrected chi connectivity index (χ2v) is 1.80. The van der Waals surface area contributed by atoms with Gasteiger partial charge in [0.25, 0.3) is 5.26 Å². The second-order valence-electron chi connectivity index (χ2n) is 1.09. The smallest absolute Gasteiger partial charge is 0.193 e. The largest absolute Gasteiger partial charge is 0.288 e. The van der Waals surface area contributed by atoms with Crippen LogP contribution in [0, 0.1) is 12.2 Å². The zero-order valence-corrected chi connectivity index (χ0v) is 6.50. The van der Waals surface area contributed by atoms with Gasteiger partial charge >= 0.3 is 0 Å². The predicted octanol–water partition coefficient (Wildman–Crippen LogP) is 2.01. The third-order valence-electron chi connectivity index (χ3n) is 0.503. The van der Waals surface area contributed by atoms with Crippen molar-refractivity contribution in [3.8, 4) is 0 Å². The number of aromatic nitrogens is 2. The third-order valence-corrected chi connectivity index (χ3v) is 1.10. The fourth-order valence-electron chi connectivity index (χ4n) is 0.272. The molecule has 0 radical (unpaired) electrons. The van der Waals surface area contributed by atoms with Crippen molar-refractivity contribution < 1.29 is 4.39 Å². The minimum absolute atomic E-state index is 0.461. The molecule has 9 heavy (non-hydrogen) atoms. The van der Waals surface area contributed by atoms with E-state index in [4.69, 9.17) is 0 Å².